The first kappa shape index (κ1) is 28.7. The van der Waals surface area contributed by atoms with Gasteiger partial charge in [0.1, 0.15) is 28.5 Å². The van der Waals surface area contributed by atoms with Crippen molar-refractivity contribution in [1.29, 1.82) is 0 Å². The highest BCUT2D eigenvalue weighted by molar-refractivity contribution is 9.09. The Bertz CT molecular complexity index is 996. The van der Waals surface area contributed by atoms with Gasteiger partial charge in [-0.05, 0) is 37.8 Å². The summed E-state index contributed by atoms with van der Waals surface area (Å²) in [5, 5.41) is 11.9. The maximum absolute atomic E-state index is 13.0. The van der Waals surface area contributed by atoms with E-state index in [1.54, 1.807) is 26.0 Å². The summed E-state index contributed by atoms with van der Waals surface area (Å²) in [5.74, 6) is -1.81. The minimum Gasteiger partial charge on any atom is -0.509 e. The zero-order chi connectivity index (χ0) is 26.3. The van der Waals surface area contributed by atoms with Gasteiger partial charge >= 0.3 is 5.97 Å². The van der Waals surface area contributed by atoms with E-state index in [2.05, 4.69) is 21.2 Å². The Hall–Kier alpha value is -2.53. The van der Waals surface area contributed by atoms with Crippen molar-refractivity contribution in [1.82, 2.24) is 10.2 Å². The molecule has 0 aromatic heterocycles. The third-order valence-electron chi connectivity index (χ3n) is 5.51. The number of hydrogen-bond acceptors (Lipinski definition) is 8. The van der Waals surface area contributed by atoms with Gasteiger partial charge in [-0.2, -0.15) is 0 Å². The van der Waals surface area contributed by atoms with Gasteiger partial charge in [-0.3, -0.25) is 19.3 Å². The Balaban J connectivity index is 2.17. The highest BCUT2D eigenvalue weighted by atomic mass is 79.9. The summed E-state index contributed by atoms with van der Waals surface area (Å²) >= 11 is 3.78. The van der Waals surface area contributed by atoms with Gasteiger partial charge in [-0.15, -0.1) is 0 Å². The van der Waals surface area contributed by atoms with E-state index >= 15 is 0 Å². The fraction of sp³-hybridized carbons (Fsp3) is 0.500. The number of nitrogens with one attached hydrogen (secondary N) is 1. The van der Waals surface area contributed by atoms with Gasteiger partial charge in [-0.1, -0.05) is 66.7 Å². The summed E-state index contributed by atoms with van der Waals surface area (Å²) in [5.41, 5.74) is 0.227. The van der Waals surface area contributed by atoms with Crippen LogP contribution in [0.4, 0.5) is 0 Å². The molecule has 0 bridgehead atoms. The van der Waals surface area contributed by atoms with E-state index in [1.165, 1.54) is 0 Å². The number of hydrogen-bond donors (Lipinski definition) is 2. The summed E-state index contributed by atoms with van der Waals surface area (Å²) in [7, 11) is 0. The summed E-state index contributed by atoms with van der Waals surface area (Å²) in [6, 6.07) is 6.25. The second-order valence-corrected chi connectivity index (χ2v) is 10.3. The number of likely N-dealkylation sites (tertiary alicyclic amines) is 1. The molecule has 0 radical (unpaired) electrons. The van der Waals surface area contributed by atoms with Gasteiger partial charge in [0.05, 0.1) is 5.33 Å². The number of aliphatic hydroxyl groups excluding tert-OH is 1. The van der Waals surface area contributed by atoms with Crippen LogP contribution < -0.4 is 10.1 Å². The number of β-lactam (4-membered cyclic amide) rings is 1. The molecular formula is C24H31BrN2O7S. The minimum absolute atomic E-state index is 0.119. The number of esters is 1. The highest BCUT2D eigenvalue weighted by Crippen LogP contribution is 2.35. The number of nitrogens with zero attached hydrogens (tertiary/aromatic N) is 1. The molecule has 1 aliphatic heterocycles. The first-order chi connectivity index (χ1) is 16.5. The molecule has 0 saturated carbocycles. The molecule has 2 N–H and O–H groups in total. The monoisotopic (exact) mass is 570 g/mol. The SMILES string of the molecule is CCC(C)(C)OC(=O)C(=C(O)CBr)N1C(=O)C(NC(=O)COc2ccccc2C(C)C)C1SC=O. The van der Waals surface area contributed by atoms with Crippen LogP contribution in [-0.4, -0.2) is 62.4 Å². The molecule has 1 aromatic rings. The second kappa shape index (κ2) is 12.4. The van der Waals surface area contributed by atoms with E-state index in [0.717, 1.165) is 10.5 Å². The lowest BCUT2D eigenvalue weighted by molar-refractivity contribution is -0.160. The van der Waals surface area contributed by atoms with Gasteiger partial charge in [-0.25, -0.2) is 4.79 Å². The van der Waals surface area contributed by atoms with Crippen LogP contribution in [0, 0.1) is 0 Å². The van der Waals surface area contributed by atoms with E-state index in [-0.39, 0.29) is 23.6 Å². The van der Waals surface area contributed by atoms with Crippen molar-refractivity contribution in [2.24, 2.45) is 0 Å². The number of thioether (sulfide) groups is 1. The topological polar surface area (TPSA) is 122 Å². The van der Waals surface area contributed by atoms with Crippen molar-refractivity contribution in [3.63, 3.8) is 0 Å². The molecule has 1 fully saturated rings. The summed E-state index contributed by atoms with van der Waals surface area (Å²) in [6.07, 6.45) is 0.500. The van der Waals surface area contributed by atoms with Crippen molar-refractivity contribution in [3.05, 3.63) is 41.3 Å². The maximum Gasteiger partial charge on any atom is 0.359 e. The Morgan fingerprint density at radius 1 is 1.31 bits per heavy atom. The van der Waals surface area contributed by atoms with E-state index in [9.17, 15) is 24.3 Å². The molecule has 1 saturated heterocycles. The smallest absolute Gasteiger partial charge is 0.359 e. The average molecular weight is 571 g/mol. The van der Waals surface area contributed by atoms with Gasteiger partial charge in [0.15, 0.2) is 17.9 Å². The molecule has 0 spiro atoms. The summed E-state index contributed by atoms with van der Waals surface area (Å²) in [4.78, 5) is 50.7. The van der Waals surface area contributed by atoms with E-state index in [1.807, 2.05) is 32.9 Å². The third-order valence-corrected chi connectivity index (χ3v) is 6.91. The lowest BCUT2D eigenvalue weighted by atomic mass is 10.0. The fourth-order valence-corrected chi connectivity index (χ4v) is 4.32. The predicted octanol–water partition coefficient (Wildman–Crippen LogP) is 3.66. The van der Waals surface area contributed by atoms with Crippen molar-refractivity contribution in [2.45, 2.75) is 64.0 Å². The van der Waals surface area contributed by atoms with Crippen molar-refractivity contribution >= 4 is 51.1 Å². The molecule has 192 valence electrons. The Kier molecular flexibility index (Phi) is 10.2. The molecule has 1 heterocycles. The van der Waals surface area contributed by atoms with Gasteiger partial charge in [0.25, 0.3) is 11.8 Å². The summed E-state index contributed by atoms with van der Waals surface area (Å²) in [6.45, 7) is 8.89. The van der Waals surface area contributed by atoms with Crippen LogP contribution >= 0.6 is 27.7 Å². The lowest BCUT2D eigenvalue weighted by Gasteiger charge is -2.46. The van der Waals surface area contributed by atoms with Crippen LogP contribution in [0.25, 0.3) is 0 Å². The zero-order valence-electron chi connectivity index (χ0n) is 20.4. The van der Waals surface area contributed by atoms with Crippen LogP contribution in [0.15, 0.2) is 35.7 Å². The standard InChI is InChI=1S/C24H31BrN2O7S/c1-6-24(4,5)34-23(32)20(16(29)11-25)27-21(31)19(22(27)35-13-28)26-18(30)12-33-17-10-8-7-9-15(17)14(2)3/h7-10,13-14,19,22,29H,6,11-12H2,1-5H3,(H,26,30). The number of benzene rings is 1. The van der Waals surface area contributed by atoms with E-state index < -0.39 is 40.6 Å². The molecule has 1 aliphatic rings. The molecule has 2 atom stereocenters. The molecule has 2 amide bonds. The molecule has 0 aliphatic carbocycles. The molecule has 2 rings (SSSR count). The largest absolute Gasteiger partial charge is 0.509 e. The Labute approximate surface area is 217 Å². The predicted molar refractivity (Wildman–Crippen MR) is 137 cm³/mol. The summed E-state index contributed by atoms with van der Waals surface area (Å²) < 4.78 is 11.1. The maximum atomic E-state index is 13.0. The van der Waals surface area contributed by atoms with Crippen LogP contribution in [0.5, 0.6) is 5.75 Å². The van der Waals surface area contributed by atoms with E-state index in [4.69, 9.17) is 9.47 Å². The van der Waals surface area contributed by atoms with Gasteiger partial charge in [0, 0.05) is 0 Å². The Morgan fingerprint density at radius 3 is 2.54 bits per heavy atom. The number of aliphatic hydroxyl groups is 1. The molecule has 9 nitrogen and oxygen atoms in total. The molecule has 2 unspecified atom stereocenters. The Morgan fingerprint density at radius 2 is 1.97 bits per heavy atom. The number of allylic oxidation sites excluding steroid dienone is 1. The molecule has 11 heteroatoms. The first-order valence-electron chi connectivity index (χ1n) is 11.1. The van der Waals surface area contributed by atoms with Crippen LogP contribution in [0.1, 0.15) is 52.5 Å². The lowest BCUT2D eigenvalue weighted by Crippen LogP contribution is -2.70. The minimum atomic E-state index is -1.09. The normalized spacial score (nSPS) is 18.5. The number of carbonyl (C=O) groups is 4. The average Bonchev–Trinajstić information content (AvgIpc) is 2.82. The number of ether oxygens (including phenoxy) is 2. The quantitative estimate of drug-likeness (QED) is 0.0974. The number of para-hydroxylation sites is 1. The van der Waals surface area contributed by atoms with Crippen LogP contribution in [-0.2, 0) is 23.9 Å². The van der Waals surface area contributed by atoms with Gasteiger partial charge < -0.3 is 19.9 Å². The highest BCUT2D eigenvalue weighted by Gasteiger charge is 2.53. The number of carbonyl (C=O) groups excluding carboxylic acids is 4. The van der Waals surface area contributed by atoms with Crippen molar-refractivity contribution < 1.29 is 33.8 Å². The van der Waals surface area contributed by atoms with Crippen LogP contribution in [0.2, 0.25) is 0 Å². The first-order valence-corrected chi connectivity index (χ1v) is 13.2. The van der Waals surface area contributed by atoms with Crippen molar-refractivity contribution in [2.75, 3.05) is 11.9 Å². The number of amides is 2. The molecule has 1 aromatic carbocycles. The van der Waals surface area contributed by atoms with E-state index in [0.29, 0.717) is 29.6 Å². The second-order valence-electron chi connectivity index (χ2n) is 8.79. The number of halogens is 1. The molecule has 35 heavy (non-hydrogen) atoms. The number of alkyl halides is 1. The third kappa shape index (κ3) is 7.00. The van der Waals surface area contributed by atoms with Gasteiger partial charge in [0.2, 0.25) is 0 Å². The zero-order valence-corrected chi connectivity index (χ0v) is 22.8. The fourth-order valence-electron chi connectivity index (χ4n) is 3.27. The van der Waals surface area contributed by atoms with Crippen molar-refractivity contribution in [3.8, 4) is 5.75 Å². The van der Waals surface area contributed by atoms with Crippen LogP contribution in [0.3, 0.4) is 0 Å². The molecular weight excluding hydrogens is 540 g/mol. The number of rotatable bonds is 12.